The Bertz CT molecular complexity index is 263. The summed E-state index contributed by atoms with van der Waals surface area (Å²) in [6, 6.07) is 0.591. The maximum atomic E-state index is 12.1. The summed E-state index contributed by atoms with van der Waals surface area (Å²) >= 11 is 0. The molecule has 0 aliphatic carbocycles. The Morgan fingerprint density at radius 3 is 2.59 bits per heavy atom. The molecule has 0 spiro atoms. The predicted molar refractivity (Wildman–Crippen MR) is 72.0 cm³/mol. The third-order valence-electron chi connectivity index (χ3n) is 3.85. The maximum absolute atomic E-state index is 12.1. The van der Waals surface area contributed by atoms with Gasteiger partial charge in [0.2, 0.25) is 5.91 Å². The molecule has 1 aliphatic heterocycles. The normalized spacial score (nSPS) is 23.6. The van der Waals surface area contributed by atoms with E-state index >= 15 is 0 Å². The first-order valence-electron chi connectivity index (χ1n) is 6.88. The number of likely N-dealkylation sites (N-methyl/N-ethyl adjacent to an activating group) is 1. The number of carbonyl (C=O) groups excluding carboxylic acids is 1. The molecule has 0 radical (unpaired) electrons. The third-order valence-corrected chi connectivity index (χ3v) is 3.85. The van der Waals surface area contributed by atoms with Crippen molar-refractivity contribution in [2.75, 3.05) is 26.7 Å². The zero-order chi connectivity index (χ0) is 13.1. The van der Waals surface area contributed by atoms with E-state index in [0.29, 0.717) is 6.04 Å². The molecule has 1 atom stereocenters. The van der Waals surface area contributed by atoms with Gasteiger partial charge in [-0.05, 0) is 27.2 Å². The molecule has 0 N–H and O–H groups in total. The Hall–Kier alpha value is -0.570. The summed E-state index contributed by atoms with van der Waals surface area (Å²) in [4.78, 5) is 16.5. The van der Waals surface area contributed by atoms with Crippen molar-refractivity contribution in [2.24, 2.45) is 5.41 Å². The molecule has 100 valence electrons. The molecule has 1 saturated heterocycles. The van der Waals surface area contributed by atoms with Crippen molar-refractivity contribution >= 4 is 5.91 Å². The van der Waals surface area contributed by atoms with Crippen LogP contribution in [-0.4, -0.2) is 48.4 Å². The average molecular weight is 240 g/mol. The second-order valence-electron chi connectivity index (χ2n) is 6.07. The molecule has 3 nitrogen and oxygen atoms in total. The van der Waals surface area contributed by atoms with Crippen LogP contribution >= 0.6 is 0 Å². The average Bonchev–Trinajstić information content (AvgIpc) is 2.38. The van der Waals surface area contributed by atoms with E-state index in [-0.39, 0.29) is 11.3 Å². The first kappa shape index (κ1) is 14.5. The summed E-state index contributed by atoms with van der Waals surface area (Å²) in [5, 5.41) is 0. The number of unbranched alkanes of at least 4 members (excludes halogenated alkanes) is 1. The molecule has 0 aromatic rings. The van der Waals surface area contributed by atoms with Gasteiger partial charge in [-0.25, -0.2) is 0 Å². The van der Waals surface area contributed by atoms with Gasteiger partial charge in [-0.2, -0.15) is 0 Å². The highest BCUT2D eigenvalue weighted by molar-refractivity contribution is 5.82. The second-order valence-corrected chi connectivity index (χ2v) is 6.07. The van der Waals surface area contributed by atoms with Crippen molar-refractivity contribution in [3.8, 4) is 0 Å². The molecule has 1 aliphatic rings. The Morgan fingerprint density at radius 1 is 1.35 bits per heavy atom. The molecule has 17 heavy (non-hydrogen) atoms. The monoisotopic (exact) mass is 240 g/mol. The van der Waals surface area contributed by atoms with E-state index in [2.05, 4.69) is 32.6 Å². The van der Waals surface area contributed by atoms with Crippen molar-refractivity contribution in [3.63, 3.8) is 0 Å². The largest absolute Gasteiger partial charge is 0.344 e. The van der Waals surface area contributed by atoms with Crippen LogP contribution in [-0.2, 0) is 4.79 Å². The quantitative estimate of drug-likeness (QED) is 0.753. The molecule has 0 aromatic heterocycles. The minimum Gasteiger partial charge on any atom is -0.344 e. The lowest BCUT2D eigenvalue weighted by atomic mass is 9.91. The van der Waals surface area contributed by atoms with Crippen LogP contribution < -0.4 is 0 Å². The van der Waals surface area contributed by atoms with Crippen LogP contribution in [0.4, 0.5) is 0 Å². The fourth-order valence-electron chi connectivity index (χ4n) is 2.61. The first-order valence-corrected chi connectivity index (χ1v) is 6.88. The highest BCUT2D eigenvalue weighted by Gasteiger charge is 2.36. The molecule has 0 bridgehead atoms. The van der Waals surface area contributed by atoms with E-state index in [1.807, 2.05) is 11.9 Å². The van der Waals surface area contributed by atoms with Gasteiger partial charge in [-0.1, -0.05) is 19.8 Å². The second kappa shape index (κ2) is 5.85. The van der Waals surface area contributed by atoms with E-state index in [1.54, 1.807) is 0 Å². The molecule has 1 heterocycles. The van der Waals surface area contributed by atoms with Crippen LogP contribution in [0.25, 0.3) is 0 Å². The minimum atomic E-state index is -0.244. The van der Waals surface area contributed by atoms with E-state index < -0.39 is 0 Å². The van der Waals surface area contributed by atoms with E-state index in [9.17, 15) is 4.79 Å². The molecule has 1 fully saturated rings. The van der Waals surface area contributed by atoms with Gasteiger partial charge in [0.15, 0.2) is 0 Å². The van der Waals surface area contributed by atoms with Gasteiger partial charge in [-0.15, -0.1) is 0 Å². The van der Waals surface area contributed by atoms with Crippen molar-refractivity contribution < 1.29 is 4.79 Å². The number of carbonyl (C=O) groups is 1. The smallest absolute Gasteiger partial charge is 0.229 e. The van der Waals surface area contributed by atoms with Crippen molar-refractivity contribution in [2.45, 2.75) is 53.0 Å². The highest BCUT2D eigenvalue weighted by Crippen LogP contribution is 2.25. The Labute approximate surface area is 106 Å². The third kappa shape index (κ3) is 3.70. The minimum absolute atomic E-state index is 0.244. The van der Waals surface area contributed by atoms with Crippen molar-refractivity contribution in [3.05, 3.63) is 0 Å². The first-order chi connectivity index (χ1) is 7.88. The van der Waals surface area contributed by atoms with Gasteiger partial charge in [0.1, 0.15) is 0 Å². The van der Waals surface area contributed by atoms with Gasteiger partial charge in [-0.3, -0.25) is 9.69 Å². The predicted octanol–water partition coefficient (Wildman–Crippen LogP) is 2.37. The fraction of sp³-hybridized carbons (Fsp3) is 0.929. The van der Waals surface area contributed by atoms with E-state index in [4.69, 9.17) is 0 Å². The van der Waals surface area contributed by atoms with Crippen LogP contribution in [0.3, 0.4) is 0 Å². The lowest BCUT2D eigenvalue weighted by Gasteiger charge is -2.32. The highest BCUT2D eigenvalue weighted by atomic mass is 16.2. The number of hydrogen-bond acceptors (Lipinski definition) is 2. The van der Waals surface area contributed by atoms with Crippen LogP contribution in [0, 0.1) is 5.41 Å². The van der Waals surface area contributed by atoms with Crippen LogP contribution in [0.2, 0.25) is 0 Å². The zero-order valence-electron chi connectivity index (χ0n) is 12.1. The van der Waals surface area contributed by atoms with Gasteiger partial charge in [0, 0.05) is 32.7 Å². The van der Waals surface area contributed by atoms with Gasteiger partial charge in [0.25, 0.3) is 0 Å². The maximum Gasteiger partial charge on any atom is 0.229 e. The molecule has 1 amide bonds. The summed E-state index contributed by atoms with van der Waals surface area (Å²) < 4.78 is 0. The zero-order valence-corrected chi connectivity index (χ0v) is 12.1. The number of nitrogens with zero attached hydrogens (tertiary/aromatic N) is 2. The van der Waals surface area contributed by atoms with Crippen LogP contribution in [0.5, 0.6) is 0 Å². The molecule has 0 saturated carbocycles. The number of hydrogen-bond donors (Lipinski definition) is 0. The molecular formula is C14H28N2O. The summed E-state index contributed by atoms with van der Waals surface area (Å²) in [5.74, 6) is 0.280. The van der Waals surface area contributed by atoms with Crippen molar-refractivity contribution in [1.82, 2.24) is 9.80 Å². The van der Waals surface area contributed by atoms with E-state index in [1.165, 1.54) is 19.3 Å². The molecule has 1 rings (SSSR count). The summed E-state index contributed by atoms with van der Waals surface area (Å²) in [6.45, 7) is 11.4. The Morgan fingerprint density at radius 2 is 2.00 bits per heavy atom. The lowest BCUT2D eigenvalue weighted by molar-refractivity contribution is -0.137. The van der Waals surface area contributed by atoms with Crippen LogP contribution in [0.15, 0.2) is 0 Å². The topological polar surface area (TPSA) is 23.6 Å². The van der Waals surface area contributed by atoms with Crippen molar-refractivity contribution in [1.29, 1.82) is 0 Å². The number of amides is 1. The molecule has 1 unspecified atom stereocenters. The van der Waals surface area contributed by atoms with Gasteiger partial charge < -0.3 is 4.90 Å². The van der Waals surface area contributed by atoms with Gasteiger partial charge >= 0.3 is 0 Å². The van der Waals surface area contributed by atoms with E-state index in [0.717, 1.165) is 19.6 Å². The molecule has 0 aromatic carbocycles. The standard InChI is InChI=1S/C14H28N2O/c1-6-7-8-12(2)16-10-9-15(5)13(17)14(3,4)11-16/h12H,6-11H2,1-5H3. The summed E-state index contributed by atoms with van der Waals surface area (Å²) in [7, 11) is 1.92. The summed E-state index contributed by atoms with van der Waals surface area (Å²) in [5.41, 5.74) is -0.244. The fourth-order valence-corrected chi connectivity index (χ4v) is 2.61. The van der Waals surface area contributed by atoms with Gasteiger partial charge in [0.05, 0.1) is 5.41 Å². The molecular weight excluding hydrogens is 212 g/mol. The Kier molecular flexibility index (Phi) is 4.99. The Balaban J connectivity index is 2.66. The van der Waals surface area contributed by atoms with Crippen LogP contribution in [0.1, 0.15) is 47.0 Å². The molecule has 3 heteroatoms. The lowest BCUT2D eigenvalue weighted by Crippen LogP contribution is -2.42. The summed E-state index contributed by atoms with van der Waals surface area (Å²) in [6.07, 6.45) is 3.77. The number of rotatable bonds is 4. The SMILES string of the molecule is CCCCC(C)N1CCN(C)C(=O)C(C)(C)C1.